The molecule has 0 saturated heterocycles. The van der Waals surface area contributed by atoms with Gasteiger partial charge in [0.25, 0.3) is 0 Å². The van der Waals surface area contributed by atoms with Gasteiger partial charge >= 0.3 is 0 Å². The normalized spacial score (nSPS) is 12.0. The van der Waals surface area contributed by atoms with E-state index in [0.717, 1.165) is 0 Å². The fourth-order valence-electron chi connectivity index (χ4n) is 2.32. The number of anilines is 1. The molecule has 0 aliphatic heterocycles. The van der Waals surface area contributed by atoms with Crippen LogP contribution in [-0.4, -0.2) is 25.9 Å². The van der Waals surface area contributed by atoms with Crippen LogP contribution < -0.4 is 5.32 Å². The topological polar surface area (TPSA) is 59.8 Å². The van der Waals surface area contributed by atoms with Crippen molar-refractivity contribution >= 4 is 35.0 Å². The van der Waals surface area contributed by atoms with Crippen LogP contribution in [0.2, 0.25) is 5.02 Å². The SMILES string of the molecule is C[C@@H](Sc1nnc(-c2ccccc2F)n1C)C(=O)Nc1cccc(Cl)c1. The molecule has 1 N–H and O–H groups in total. The molecule has 0 radical (unpaired) electrons. The maximum atomic E-state index is 14.0. The zero-order valence-electron chi connectivity index (χ0n) is 14.1. The highest BCUT2D eigenvalue weighted by atomic mass is 35.5. The largest absolute Gasteiger partial charge is 0.325 e. The van der Waals surface area contributed by atoms with Gasteiger partial charge in [0.15, 0.2) is 11.0 Å². The van der Waals surface area contributed by atoms with Gasteiger partial charge in [-0.2, -0.15) is 0 Å². The smallest absolute Gasteiger partial charge is 0.237 e. The summed E-state index contributed by atoms with van der Waals surface area (Å²) in [5.41, 5.74) is 0.991. The van der Waals surface area contributed by atoms with Crippen LogP contribution in [-0.2, 0) is 11.8 Å². The van der Waals surface area contributed by atoms with Gasteiger partial charge in [-0.25, -0.2) is 4.39 Å². The van der Waals surface area contributed by atoms with E-state index in [1.165, 1.54) is 17.8 Å². The van der Waals surface area contributed by atoms with E-state index in [-0.39, 0.29) is 11.7 Å². The van der Waals surface area contributed by atoms with E-state index in [9.17, 15) is 9.18 Å². The molecule has 134 valence electrons. The number of benzene rings is 2. The summed E-state index contributed by atoms with van der Waals surface area (Å²) >= 11 is 7.17. The molecule has 3 rings (SSSR count). The van der Waals surface area contributed by atoms with Crippen molar-refractivity contribution in [2.24, 2.45) is 7.05 Å². The number of carbonyl (C=O) groups excluding carboxylic acids is 1. The van der Waals surface area contributed by atoms with E-state index in [2.05, 4.69) is 15.5 Å². The Labute approximate surface area is 159 Å². The van der Waals surface area contributed by atoms with Gasteiger partial charge in [0.1, 0.15) is 5.82 Å². The molecule has 1 atom stereocenters. The first kappa shape index (κ1) is 18.4. The third-order valence-corrected chi connectivity index (χ3v) is 5.06. The second-order valence-corrected chi connectivity index (χ2v) is 7.35. The van der Waals surface area contributed by atoms with Gasteiger partial charge in [0, 0.05) is 17.8 Å². The first-order valence-electron chi connectivity index (χ1n) is 7.83. The highest BCUT2D eigenvalue weighted by molar-refractivity contribution is 8.00. The summed E-state index contributed by atoms with van der Waals surface area (Å²) in [7, 11) is 1.74. The van der Waals surface area contributed by atoms with Crippen LogP contribution in [0.25, 0.3) is 11.4 Å². The highest BCUT2D eigenvalue weighted by Gasteiger charge is 2.20. The number of halogens is 2. The first-order valence-corrected chi connectivity index (χ1v) is 9.09. The number of nitrogens with zero attached hydrogens (tertiary/aromatic N) is 3. The molecular formula is C18H16ClFN4OS. The van der Waals surface area contributed by atoms with Crippen molar-refractivity contribution in [1.82, 2.24) is 14.8 Å². The molecule has 1 heterocycles. The second-order valence-electron chi connectivity index (χ2n) is 5.60. The monoisotopic (exact) mass is 390 g/mol. The molecule has 26 heavy (non-hydrogen) atoms. The molecule has 5 nitrogen and oxygen atoms in total. The molecular weight excluding hydrogens is 375 g/mol. The average Bonchev–Trinajstić information content (AvgIpc) is 2.96. The fourth-order valence-corrected chi connectivity index (χ4v) is 3.32. The minimum absolute atomic E-state index is 0.187. The lowest BCUT2D eigenvalue weighted by Crippen LogP contribution is -2.22. The second kappa shape index (κ2) is 7.88. The quantitative estimate of drug-likeness (QED) is 0.656. The summed E-state index contributed by atoms with van der Waals surface area (Å²) in [4.78, 5) is 12.4. The third kappa shape index (κ3) is 4.05. The summed E-state index contributed by atoms with van der Waals surface area (Å²) in [5, 5.41) is 11.6. The fraction of sp³-hybridized carbons (Fsp3) is 0.167. The predicted molar refractivity (Wildman–Crippen MR) is 102 cm³/mol. The van der Waals surface area contributed by atoms with E-state index in [4.69, 9.17) is 11.6 Å². The molecule has 0 aliphatic rings. The minimum Gasteiger partial charge on any atom is -0.325 e. The number of carbonyl (C=O) groups is 1. The molecule has 0 fully saturated rings. The van der Waals surface area contributed by atoms with E-state index >= 15 is 0 Å². The average molecular weight is 391 g/mol. The Morgan fingerprint density at radius 3 is 2.73 bits per heavy atom. The van der Waals surface area contributed by atoms with Crippen LogP contribution in [0.3, 0.4) is 0 Å². The van der Waals surface area contributed by atoms with Crippen molar-refractivity contribution in [1.29, 1.82) is 0 Å². The standard InChI is InChI=1S/C18H16ClFN4OS/c1-11(17(25)21-13-7-5-6-12(19)10-13)26-18-23-22-16(24(18)2)14-8-3-4-9-15(14)20/h3-11H,1-2H3,(H,21,25)/t11-/m1/s1. The lowest BCUT2D eigenvalue weighted by Gasteiger charge is -2.12. The molecule has 0 bridgehead atoms. The number of thioether (sulfide) groups is 1. The van der Waals surface area contributed by atoms with Crippen molar-refractivity contribution in [3.05, 3.63) is 59.4 Å². The Bertz CT molecular complexity index is 946. The van der Waals surface area contributed by atoms with Gasteiger partial charge in [-0.1, -0.05) is 41.6 Å². The van der Waals surface area contributed by atoms with Crippen molar-refractivity contribution in [3.8, 4) is 11.4 Å². The van der Waals surface area contributed by atoms with Crippen molar-refractivity contribution < 1.29 is 9.18 Å². The Kier molecular flexibility index (Phi) is 5.58. The van der Waals surface area contributed by atoms with Crippen molar-refractivity contribution in [3.63, 3.8) is 0 Å². The van der Waals surface area contributed by atoms with Crippen LogP contribution >= 0.6 is 23.4 Å². The maximum Gasteiger partial charge on any atom is 0.237 e. The number of nitrogens with one attached hydrogen (secondary N) is 1. The number of aromatic nitrogens is 3. The van der Waals surface area contributed by atoms with Crippen LogP contribution in [0.5, 0.6) is 0 Å². The van der Waals surface area contributed by atoms with Crippen LogP contribution in [0.4, 0.5) is 10.1 Å². The minimum atomic E-state index is -0.426. The number of rotatable bonds is 5. The van der Waals surface area contributed by atoms with Gasteiger partial charge in [0.05, 0.1) is 10.8 Å². The van der Waals surface area contributed by atoms with E-state index < -0.39 is 5.25 Å². The molecule has 3 aromatic rings. The molecule has 2 aromatic carbocycles. The summed E-state index contributed by atoms with van der Waals surface area (Å²) in [6.45, 7) is 1.77. The summed E-state index contributed by atoms with van der Waals surface area (Å²) in [5.74, 6) is -0.146. The van der Waals surface area contributed by atoms with E-state index in [0.29, 0.717) is 27.3 Å². The van der Waals surface area contributed by atoms with E-state index in [1.807, 2.05) is 0 Å². The third-order valence-electron chi connectivity index (χ3n) is 3.69. The highest BCUT2D eigenvalue weighted by Crippen LogP contribution is 2.27. The number of hydrogen-bond acceptors (Lipinski definition) is 4. The molecule has 0 aliphatic carbocycles. The predicted octanol–water partition coefficient (Wildman–Crippen LogP) is 4.39. The Morgan fingerprint density at radius 1 is 1.23 bits per heavy atom. The molecule has 0 saturated carbocycles. The van der Waals surface area contributed by atoms with Crippen LogP contribution in [0.15, 0.2) is 53.7 Å². The van der Waals surface area contributed by atoms with Crippen LogP contribution in [0, 0.1) is 5.82 Å². The van der Waals surface area contributed by atoms with Gasteiger partial charge in [-0.15, -0.1) is 10.2 Å². The Morgan fingerprint density at radius 2 is 2.00 bits per heavy atom. The van der Waals surface area contributed by atoms with Crippen molar-refractivity contribution in [2.45, 2.75) is 17.3 Å². The molecule has 0 unspecified atom stereocenters. The summed E-state index contributed by atoms with van der Waals surface area (Å²) in [6, 6.07) is 13.3. The van der Waals surface area contributed by atoms with Gasteiger partial charge in [0.2, 0.25) is 5.91 Å². The lowest BCUT2D eigenvalue weighted by atomic mass is 10.2. The first-order chi connectivity index (χ1) is 12.5. The molecule has 1 aromatic heterocycles. The zero-order chi connectivity index (χ0) is 18.7. The number of hydrogen-bond donors (Lipinski definition) is 1. The van der Waals surface area contributed by atoms with E-state index in [1.54, 1.807) is 61.0 Å². The maximum absolute atomic E-state index is 14.0. The molecule has 0 spiro atoms. The molecule has 1 amide bonds. The van der Waals surface area contributed by atoms with Crippen LogP contribution in [0.1, 0.15) is 6.92 Å². The van der Waals surface area contributed by atoms with Crippen molar-refractivity contribution in [2.75, 3.05) is 5.32 Å². The zero-order valence-corrected chi connectivity index (χ0v) is 15.7. The molecule has 8 heteroatoms. The Balaban J connectivity index is 1.73. The lowest BCUT2D eigenvalue weighted by molar-refractivity contribution is -0.115. The number of amides is 1. The van der Waals surface area contributed by atoms with Gasteiger partial charge < -0.3 is 9.88 Å². The Hall–Kier alpha value is -2.38. The summed E-state index contributed by atoms with van der Waals surface area (Å²) < 4.78 is 15.6. The van der Waals surface area contributed by atoms with Gasteiger partial charge in [-0.05, 0) is 37.3 Å². The summed E-state index contributed by atoms with van der Waals surface area (Å²) in [6.07, 6.45) is 0. The van der Waals surface area contributed by atoms with Gasteiger partial charge in [-0.3, -0.25) is 4.79 Å².